The molecule has 136 valence electrons. The van der Waals surface area contributed by atoms with Crippen LogP contribution < -0.4 is 10.3 Å². The molecule has 3 aromatic rings. The van der Waals surface area contributed by atoms with Gasteiger partial charge in [0.2, 0.25) is 0 Å². The van der Waals surface area contributed by atoms with Crippen molar-refractivity contribution in [1.82, 2.24) is 9.66 Å². The Hall–Kier alpha value is -2.14. The highest BCUT2D eigenvalue weighted by molar-refractivity contribution is 9.10. The van der Waals surface area contributed by atoms with Gasteiger partial charge in [0.1, 0.15) is 12.4 Å². The summed E-state index contributed by atoms with van der Waals surface area (Å²) in [4.78, 5) is 17.2. The maximum Gasteiger partial charge on any atom is 0.282 e. The van der Waals surface area contributed by atoms with Gasteiger partial charge >= 0.3 is 0 Å². The molecule has 0 aliphatic carbocycles. The van der Waals surface area contributed by atoms with E-state index in [9.17, 15) is 4.79 Å². The van der Waals surface area contributed by atoms with Crippen molar-refractivity contribution in [3.63, 3.8) is 0 Å². The monoisotopic (exact) mass is 507 g/mol. The second kappa shape index (κ2) is 8.26. The minimum Gasteiger partial charge on any atom is -0.478 e. The van der Waals surface area contributed by atoms with Crippen LogP contribution in [0.1, 0.15) is 11.4 Å². The Balaban J connectivity index is 2.02. The van der Waals surface area contributed by atoms with Crippen LogP contribution in [-0.2, 0) is 0 Å². The van der Waals surface area contributed by atoms with Crippen LogP contribution >= 0.6 is 43.5 Å². The molecular weight excluding hydrogens is 497 g/mol. The quantitative estimate of drug-likeness (QED) is 0.376. The molecule has 3 rings (SSSR count). The van der Waals surface area contributed by atoms with E-state index in [2.05, 4.69) is 47.9 Å². The van der Waals surface area contributed by atoms with Gasteiger partial charge in [-0.1, -0.05) is 33.5 Å². The van der Waals surface area contributed by atoms with Crippen molar-refractivity contribution in [1.29, 1.82) is 0 Å². The first-order valence-corrected chi connectivity index (χ1v) is 9.65. The molecule has 0 spiro atoms. The first kappa shape index (κ1) is 19.6. The zero-order valence-corrected chi connectivity index (χ0v) is 18.0. The average molecular weight is 510 g/mol. The van der Waals surface area contributed by atoms with Crippen LogP contribution in [0, 0.1) is 19.3 Å². The van der Waals surface area contributed by atoms with Gasteiger partial charge in [-0.3, -0.25) is 4.79 Å². The maximum atomic E-state index is 12.7. The normalized spacial score (nSPS) is 11.1. The molecule has 0 unspecified atom stereocenters. The van der Waals surface area contributed by atoms with E-state index < -0.39 is 0 Å². The number of rotatable bonds is 4. The van der Waals surface area contributed by atoms with Crippen LogP contribution in [0.5, 0.6) is 5.75 Å². The van der Waals surface area contributed by atoms with E-state index in [-0.39, 0.29) is 12.2 Å². The van der Waals surface area contributed by atoms with Gasteiger partial charge in [-0.15, -0.1) is 6.42 Å². The molecule has 1 aromatic heterocycles. The molecule has 1 heterocycles. The SMILES string of the molecule is C#CCOc1c(Cl)cc(C=Nn2c(C)nc3ccc(Br)cc3c2=O)cc1Br. The average Bonchev–Trinajstić information content (AvgIpc) is 2.62. The van der Waals surface area contributed by atoms with Crippen molar-refractivity contribution < 1.29 is 4.74 Å². The highest BCUT2D eigenvalue weighted by Gasteiger charge is 2.10. The van der Waals surface area contributed by atoms with Crippen molar-refractivity contribution >= 4 is 60.6 Å². The molecule has 0 fully saturated rings. The Morgan fingerprint density at radius 2 is 2.15 bits per heavy atom. The molecule has 0 radical (unpaired) electrons. The van der Waals surface area contributed by atoms with Crippen LogP contribution in [0.25, 0.3) is 10.9 Å². The fraction of sp³-hybridized carbons (Fsp3) is 0.105. The summed E-state index contributed by atoms with van der Waals surface area (Å²) in [6, 6.07) is 8.79. The summed E-state index contributed by atoms with van der Waals surface area (Å²) in [5.41, 5.74) is 1.04. The lowest BCUT2D eigenvalue weighted by Gasteiger charge is -2.09. The van der Waals surface area contributed by atoms with E-state index in [1.807, 2.05) is 6.07 Å². The predicted molar refractivity (Wildman–Crippen MR) is 115 cm³/mol. The zero-order chi connectivity index (χ0) is 19.6. The number of aromatic nitrogens is 2. The first-order chi connectivity index (χ1) is 12.9. The molecule has 0 aliphatic heterocycles. The molecule has 27 heavy (non-hydrogen) atoms. The van der Waals surface area contributed by atoms with Crippen LogP contribution in [0.2, 0.25) is 5.02 Å². The van der Waals surface area contributed by atoms with Gasteiger partial charge in [-0.05, 0) is 58.7 Å². The van der Waals surface area contributed by atoms with Crippen molar-refractivity contribution in [3.05, 3.63) is 66.0 Å². The van der Waals surface area contributed by atoms with Gasteiger partial charge in [0.05, 0.1) is 26.6 Å². The summed E-state index contributed by atoms with van der Waals surface area (Å²) in [7, 11) is 0. The maximum absolute atomic E-state index is 12.7. The number of nitrogens with zero attached hydrogens (tertiary/aromatic N) is 3. The number of halogens is 3. The van der Waals surface area contributed by atoms with Gasteiger partial charge in [0.25, 0.3) is 5.56 Å². The lowest BCUT2D eigenvalue weighted by Crippen LogP contribution is -2.20. The number of hydrogen-bond donors (Lipinski definition) is 0. The number of terminal acetylenes is 1. The van der Waals surface area contributed by atoms with Crippen LogP contribution in [0.3, 0.4) is 0 Å². The molecular formula is C19H12Br2ClN3O2. The zero-order valence-electron chi connectivity index (χ0n) is 14.0. The lowest BCUT2D eigenvalue weighted by molar-refractivity contribution is 0.368. The number of hydrogen-bond acceptors (Lipinski definition) is 4. The highest BCUT2D eigenvalue weighted by Crippen LogP contribution is 2.34. The van der Waals surface area contributed by atoms with E-state index in [4.69, 9.17) is 22.8 Å². The van der Waals surface area contributed by atoms with Crippen molar-refractivity contribution in [2.45, 2.75) is 6.92 Å². The van der Waals surface area contributed by atoms with E-state index in [0.717, 1.165) is 4.47 Å². The van der Waals surface area contributed by atoms with Gasteiger partial charge in [-0.25, -0.2) is 4.98 Å². The summed E-state index contributed by atoms with van der Waals surface area (Å²) in [5, 5.41) is 5.13. The topological polar surface area (TPSA) is 56.5 Å². The van der Waals surface area contributed by atoms with E-state index >= 15 is 0 Å². The fourth-order valence-corrected chi connectivity index (χ4v) is 3.78. The third-order valence-corrected chi connectivity index (χ3v) is 4.98. The Kier molecular flexibility index (Phi) is 6.00. The number of ether oxygens (including phenoxy) is 1. The summed E-state index contributed by atoms with van der Waals surface area (Å²) >= 11 is 13.0. The van der Waals surface area contributed by atoms with Gasteiger partial charge in [0.15, 0.2) is 5.75 Å². The summed E-state index contributed by atoms with van der Waals surface area (Å²) in [5.74, 6) is 3.32. The first-order valence-electron chi connectivity index (χ1n) is 7.69. The highest BCUT2D eigenvalue weighted by atomic mass is 79.9. The van der Waals surface area contributed by atoms with E-state index in [1.165, 1.54) is 10.9 Å². The predicted octanol–water partition coefficient (Wildman–Crippen LogP) is 4.78. The molecule has 0 amide bonds. The molecule has 0 saturated heterocycles. The Bertz CT molecular complexity index is 1140. The second-order valence-corrected chi connectivity index (χ2v) is 7.67. The fourth-order valence-electron chi connectivity index (χ4n) is 2.43. The smallest absolute Gasteiger partial charge is 0.282 e. The largest absolute Gasteiger partial charge is 0.478 e. The van der Waals surface area contributed by atoms with Crippen LogP contribution in [0.15, 0.2) is 49.2 Å². The summed E-state index contributed by atoms with van der Waals surface area (Å²) < 4.78 is 8.09. The number of benzene rings is 2. The third kappa shape index (κ3) is 4.24. The molecule has 0 bridgehead atoms. The van der Waals surface area contributed by atoms with Crippen molar-refractivity contribution in [2.75, 3.05) is 6.61 Å². The van der Waals surface area contributed by atoms with E-state index in [1.54, 1.807) is 31.2 Å². The number of aryl methyl sites for hydroxylation is 1. The molecule has 8 heteroatoms. The van der Waals surface area contributed by atoms with E-state index in [0.29, 0.717) is 37.5 Å². The standard InChI is InChI=1S/C19H12Br2ClN3O2/c1-3-6-27-18-15(21)7-12(8-16(18)22)10-23-25-11(2)24-17-5-4-13(20)9-14(17)19(25)26/h1,4-5,7-10H,6H2,2H3. The van der Waals surface area contributed by atoms with Crippen LogP contribution in [0.4, 0.5) is 0 Å². The lowest BCUT2D eigenvalue weighted by atomic mass is 10.2. The second-order valence-electron chi connectivity index (χ2n) is 5.49. The van der Waals surface area contributed by atoms with Crippen molar-refractivity contribution in [3.8, 4) is 18.1 Å². The minimum atomic E-state index is -0.255. The summed E-state index contributed by atoms with van der Waals surface area (Å²) in [6.45, 7) is 1.83. The molecule has 5 nitrogen and oxygen atoms in total. The van der Waals surface area contributed by atoms with Gasteiger partial charge in [0, 0.05) is 4.47 Å². The Labute approximate surface area is 177 Å². The minimum absolute atomic E-state index is 0.110. The Morgan fingerprint density at radius 1 is 1.37 bits per heavy atom. The molecule has 2 aromatic carbocycles. The Morgan fingerprint density at radius 3 is 2.85 bits per heavy atom. The molecule has 0 N–H and O–H groups in total. The number of fused-ring (bicyclic) bond motifs is 1. The summed E-state index contributed by atoms with van der Waals surface area (Å²) in [6.07, 6.45) is 6.73. The van der Waals surface area contributed by atoms with Crippen LogP contribution in [-0.4, -0.2) is 22.5 Å². The molecule has 0 saturated carbocycles. The molecule has 0 aliphatic rings. The van der Waals surface area contributed by atoms with Gasteiger partial charge < -0.3 is 4.74 Å². The van der Waals surface area contributed by atoms with Crippen molar-refractivity contribution in [2.24, 2.45) is 5.10 Å². The third-order valence-electron chi connectivity index (χ3n) is 3.61. The molecule has 0 atom stereocenters. The van der Waals surface area contributed by atoms with Gasteiger partial charge in [-0.2, -0.15) is 9.78 Å².